The number of methoxy groups -OCH3 is 3. The Balaban J connectivity index is 2.80. The molecule has 110 valence electrons. The Bertz CT molecular complexity index is 458. The molecule has 5 heteroatoms. The van der Waals surface area contributed by atoms with Crippen molar-refractivity contribution in [3.05, 3.63) is 23.8 Å². The maximum absolute atomic E-state index is 10.8. The molecule has 1 rings (SSSR count). The lowest BCUT2D eigenvalue weighted by Gasteiger charge is -2.12. The van der Waals surface area contributed by atoms with Crippen LogP contribution in [0.3, 0.4) is 0 Å². The average molecular weight is 296 g/mol. The van der Waals surface area contributed by atoms with Gasteiger partial charge in [-0.05, 0) is 24.1 Å². The van der Waals surface area contributed by atoms with Gasteiger partial charge in [-0.2, -0.15) is 0 Å². The van der Waals surface area contributed by atoms with Crippen molar-refractivity contribution in [3.63, 3.8) is 0 Å². The van der Waals surface area contributed by atoms with E-state index in [1.54, 1.807) is 28.3 Å². The summed E-state index contributed by atoms with van der Waals surface area (Å²) in [6, 6.07) is 3.77. The van der Waals surface area contributed by atoms with Gasteiger partial charge in [0.05, 0.1) is 21.3 Å². The summed E-state index contributed by atoms with van der Waals surface area (Å²) in [7, 11) is 4.76. The highest BCUT2D eigenvalue weighted by atomic mass is 32.2. The Morgan fingerprint density at radius 2 is 1.75 bits per heavy atom. The van der Waals surface area contributed by atoms with E-state index in [1.807, 2.05) is 24.3 Å². The summed E-state index contributed by atoms with van der Waals surface area (Å²) in [5, 5.41) is 0.145. The van der Waals surface area contributed by atoms with Gasteiger partial charge < -0.3 is 14.2 Å². The number of allylic oxidation sites excluding steroid dienone is 1. The molecule has 0 radical (unpaired) electrons. The number of carbonyl (C=O) groups is 1. The molecule has 0 heterocycles. The molecule has 4 nitrogen and oxygen atoms in total. The molecule has 0 saturated carbocycles. The van der Waals surface area contributed by atoms with Crippen LogP contribution in [0.15, 0.2) is 18.2 Å². The third-order valence-electron chi connectivity index (χ3n) is 2.59. The average Bonchev–Trinajstić information content (AvgIpc) is 2.45. The minimum absolute atomic E-state index is 0.145. The monoisotopic (exact) mass is 296 g/mol. The Hall–Kier alpha value is -1.62. The van der Waals surface area contributed by atoms with Crippen molar-refractivity contribution in [1.82, 2.24) is 0 Å². The predicted octanol–water partition coefficient (Wildman–Crippen LogP) is 3.40. The molecule has 0 bridgehead atoms. The van der Waals surface area contributed by atoms with Crippen molar-refractivity contribution in [1.29, 1.82) is 0 Å². The number of hydrogen-bond donors (Lipinski definition) is 0. The van der Waals surface area contributed by atoms with Crippen LogP contribution in [0.1, 0.15) is 18.9 Å². The Labute approximate surface area is 124 Å². The van der Waals surface area contributed by atoms with E-state index in [9.17, 15) is 4.79 Å². The topological polar surface area (TPSA) is 44.8 Å². The number of hydrogen-bond acceptors (Lipinski definition) is 5. The van der Waals surface area contributed by atoms with Crippen LogP contribution >= 0.6 is 11.8 Å². The third kappa shape index (κ3) is 4.81. The van der Waals surface area contributed by atoms with E-state index >= 15 is 0 Å². The van der Waals surface area contributed by atoms with Crippen LogP contribution in [0.4, 0.5) is 0 Å². The van der Waals surface area contributed by atoms with Crippen LogP contribution in [0.25, 0.3) is 6.08 Å². The van der Waals surface area contributed by atoms with Gasteiger partial charge in [0.25, 0.3) is 0 Å². The fourth-order valence-corrected chi connectivity index (χ4v) is 2.23. The van der Waals surface area contributed by atoms with Crippen molar-refractivity contribution >= 4 is 23.0 Å². The third-order valence-corrected chi connectivity index (χ3v) is 3.43. The van der Waals surface area contributed by atoms with Gasteiger partial charge in [0, 0.05) is 12.7 Å². The number of carbonyl (C=O) groups excluding carboxylic acids is 1. The SMILES string of the molecule is COc1cc(C=CCCSC(C)=O)cc(OC)c1OC. The summed E-state index contributed by atoms with van der Waals surface area (Å²) in [6.45, 7) is 1.58. The first-order valence-corrected chi connectivity index (χ1v) is 7.20. The largest absolute Gasteiger partial charge is 0.493 e. The summed E-state index contributed by atoms with van der Waals surface area (Å²) >= 11 is 1.33. The molecule has 0 amide bonds. The van der Waals surface area contributed by atoms with Gasteiger partial charge >= 0.3 is 0 Å². The second-order valence-corrected chi connectivity index (χ2v) is 5.26. The number of benzene rings is 1. The normalized spacial score (nSPS) is 10.6. The lowest BCUT2D eigenvalue weighted by atomic mass is 10.1. The smallest absolute Gasteiger partial charge is 0.203 e. The first-order valence-electron chi connectivity index (χ1n) is 6.22. The van der Waals surface area contributed by atoms with Crippen LogP contribution < -0.4 is 14.2 Å². The maximum atomic E-state index is 10.8. The molecule has 0 unspecified atom stereocenters. The fraction of sp³-hybridized carbons (Fsp3) is 0.400. The molecule has 20 heavy (non-hydrogen) atoms. The first kappa shape index (κ1) is 16.4. The van der Waals surface area contributed by atoms with Crippen molar-refractivity contribution in [2.75, 3.05) is 27.1 Å². The highest BCUT2D eigenvalue weighted by molar-refractivity contribution is 8.13. The predicted molar refractivity (Wildman–Crippen MR) is 82.9 cm³/mol. The van der Waals surface area contributed by atoms with E-state index in [0.29, 0.717) is 17.2 Å². The van der Waals surface area contributed by atoms with Gasteiger partial charge in [0.1, 0.15) is 0 Å². The number of thioether (sulfide) groups is 1. The van der Waals surface area contributed by atoms with Crippen LogP contribution in [-0.2, 0) is 4.79 Å². The summed E-state index contributed by atoms with van der Waals surface area (Å²) in [5.41, 5.74) is 0.965. The molecular weight excluding hydrogens is 276 g/mol. The van der Waals surface area contributed by atoms with E-state index in [0.717, 1.165) is 17.7 Å². The number of rotatable bonds is 7. The van der Waals surface area contributed by atoms with Crippen LogP contribution in [-0.4, -0.2) is 32.2 Å². The lowest BCUT2D eigenvalue weighted by molar-refractivity contribution is -0.109. The van der Waals surface area contributed by atoms with Crippen LogP contribution in [0, 0.1) is 0 Å². The van der Waals surface area contributed by atoms with E-state index in [1.165, 1.54) is 11.8 Å². The van der Waals surface area contributed by atoms with E-state index in [-0.39, 0.29) is 5.12 Å². The van der Waals surface area contributed by atoms with Crippen molar-refractivity contribution in [2.45, 2.75) is 13.3 Å². The molecule has 0 aliphatic carbocycles. The summed E-state index contributed by atoms with van der Waals surface area (Å²) < 4.78 is 15.8. The Kier molecular flexibility index (Phi) is 7.01. The van der Waals surface area contributed by atoms with E-state index < -0.39 is 0 Å². The lowest BCUT2D eigenvalue weighted by Crippen LogP contribution is -1.95. The summed E-state index contributed by atoms with van der Waals surface area (Å²) in [6.07, 6.45) is 4.84. The zero-order chi connectivity index (χ0) is 15.0. The second-order valence-electron chi connectivity index (χ2n) is 3.99. The van der Waals surface area contributed by atoms with Gasteiger partial charge in [-0.15, -0.1) is 0 Å². The standard InChI is InChI=1S/C15H20O4S/c1-11(16)20-8-6-5-7-12-9-13(17-2)15(19-4)14(10-12)18-3/h5,7,9-10H,6,8H2,1-4H3. The van der Waals surface area contributed by atoms with Crippen molar-refractivity contribution in [2.24, 2.45) is 0 Å². The molecule has 0 atom stereocenters. The molecule has 0 spiro atoms. The van der Waals surface area contributed by atoms with Crippen molar-refractivity contribution in [3.8, 4) is 17.2 Å². The molecule has 0 saturated heterocycles. The second kappa shape index (κ2) is 8.53. The minimum atomic E-state index is 0.145. The molecule has 0 fully saturated rings. The molecule has 0 aliphatic heterocycles. The summed E-state index contributed by atoms with van der Waals surface area (Å²) in [4.78, 5) is 10.8. The Morgan fingerprint density at radius 1 is 1.15 bits per heavy atom. The molecular formula is C15H20O4S. The number of ether oxygens (including phenoxy) is 3. The quantitative estimate of drug-likeness (QED) is 0.722. The van der Waals surface area contributed by atoms with Crippen LogP contribution in [0.2, 0.25) is 0 Å². The molecule has 0 aliphatic rings. The van der Waals surface area contributed by atoms with E-state index in [4.69, 9.17) is 14.2 Å². The van der Waals surface area contributed by atoms with Gasteiger partial charge in [0.2, 0.25) is 5.75 Å². The maximum Gasteiger partial charge on any atom is 0.203 e. The molecule has 1 aromatic carbocycles. The van der Waals surface area contributed by atoms with Gasteiger partial charge in [0.15, 0.2) is 16.6 Å². The minimum Gasteiger partial charge on any atom is -0.493 e. The fourth-order valence-electron chi connectivity index (χ4n) is 1.69. The Morgan fingerprint density at radius 3 is 2.20 bits per heavy atom. The molecule has 0 aromatic heterocycles. The zero-order valence-corrected chi connectivity index (χ0v) is 13.1. The van der Waals surface area contributed by atoms with Crippen LogP contribution in [0.5, 0.6) is 17.2 Å². The summed E-state index contributed by atoms with van der Waals surface area (Å²) in [5.74, 6) is 2.63. The van der Waals surface area contributed by atoms with Crippen molar-refractivity contribution < 1.29 is 19.0 Å². The highest BCUT2D eigenvalue weighted by Crippen LogP contribution is 2.38. The molecule has 1 aromatic rings. The molecule has 0 N–H and O–H groups in total. The zero-order valence-electron chi connectivity index (χ0n) is 12.3. The first-order chi connectivity index (χ1) is 9.62. The van der Waals surface area contributed by atoms with Gasteiger partial charge in [-0.25, -0.2) is 0 Å². The van der Waals surface area contributed by atoms with E-state index in [2.05, 4.69) is 0 Å². The highest BCUT2D eigenvalue weighted by Gasteiger charge is 2.11. The van der Waals surface area contributed by atoms with Gasteiger partial charge in [-0.1, -0.05) is 23.9 Å². The van der Waals surface area contributed by atoms with Gasteiger partial charge in [-0.3, -0.25) is 4.79 Å².